The van der Waals surface area contributed by atoms with Crippen molar-refractivity contribution in [2.75, 3.05) is 11.9 Å². The third-order valence-corrected chi connectivity index (χ3v) is 5.16. The zero-order valence-corrected chi connectivity index (χ0v) is 15.1. The van der Waals surface area contributed by atoms with Gasteiger partial charge in [0.2, 0.25) is 5.89 Å². The molecule has 3 heterocycles. The first-order valence-electron chi connectivity index (χ1n) is 8.65. The second kappa shape index (κ2) is 7.55. The number of benzene rings is 1. The third-order valence-electron chi connectivity index (χ3n) is 5.16. The number of alkyl halides is 3. The number of fused-ring (bicyclic) bond motifs is 2. The third kappa shape index (κ3) is 4.30. The van der Waals surface area contributed by atoms with Crippen LogP contribution in [0.25, 0.3) is 11.5 Å². The summed E-state index contributed by atoms with van der Waals surface area (Å²) in [7, 11) is 0. The van der Waals surface area contributed by atoms with Crippen molar-refractivity contribution in [3.63, 3.8) is 0 Å². The van der Waals surface area contributed by atoms with Crippen molar-refractivity contribution in [3.8, 4) is 11.5 Å². The van der Waals surface area contributed by atoms with Crippen molar-refractivity contribution in [1.29, 1.82) is 0 Å². The van der Waals surface area contributed by atoms with Crippen molar-refractivity contribution in [2.45, 2.75) is 43.9 Å². The monoisotopic (exact) mass is 404 g/mol. The Labute approximate surface area is 159 Å². The lowest BCUT2D eigenvalue weighted by atomic mass is 9.92. The summed E-state index contributed by atoms with van der Waals surface area (Å²) in [5.41, 5.74) is -0.452. The quantitative estimate of drug-likeness (QED) is 0.727. The Morgan fingerprint density at radius 3 is 2.52 bits per heavy atom. The van der Waals surface area contributed by atoms with Crippen LogP contribution in [0.2, 0.25) is 0 Å². The summed E-state index contributed by atoms with van der Waals surface area (Å²) in [5.74, 6) is -0.451. The van der Waals surface area contributed by atoms with Gasteiger partial charge < -0.3 is 15.1 Å². The van der Waals surface area contributed by atoms with Gasteiger partial charge in [0.1, 0.15) is 0 Å². The molecule has 10 heteroatoms. The molecular weight excluding hydrogens is 385 g/mol. The van der Waals surface area contributed by atoms with E-state index < -0.39 is 17.5 Å². The molecule has 27 heavy (non-hydrogen) atoms. The molecule has 0 radical (unpaired) electrons. The first-order chi connectivity index (χ1) is 12.4. The highest BCUT2D eigenvalue weighted by molar-refractivity contribution is 5.85. The minimum atomic E-state index is -4.47. The smallest absolute Gasteiger partial charge is 0.388 e. The Balaban J connectivity index is 0.00000210. The van der Waals surface area contributed by atoms with E-state index >= 15 is 0 Å². The summed E-state index contributed by atoms with van der Waals surface area (Å²) in [6, 6.07) is 4.52. The second-order valence-corrected chi connectivity index (χ2v) is 7.03. The van der Waals surface area contributed by atoms with Crippen LogP contribution >= 0.6 is 12.4 Å². The topological polar surface area (TPSA) is 83.0 Å². The highest BCUT2D eigenvalue weighted by Crippen LogP contribution is 2.38. The molecule has 0 unspecified atom stereocenters. The lowest BCUT2D eigenvalue weighted by Crippen LogP contribution is -2.40. The van der Waals surface area contributed by atoms with Crippen LogP contribution in [-0.4, -0.2) is 28.8 Å². The number of rotatable bonds is 4. The number of piperidine rings is 1. The Morgan fingerprint density at radius 1 is 1.22 bits per heavy atom. The Hall–Kier alpha value is -2.00. The molecule has 2 bridgehead atoms. The molecular formula is C17H20ClF3N4O2. The standard InChI is InChI=1S/C17H19F3N4O2.ClH/c18-17(19,20)13-4-1-10(15-23-24-16(25)26-15)7-14(13)21-8-9-5-11-2-3-12(6-9)22-11;/h1,4,7,9,11-12,21-22H,2-3,5-6,8H2,(H,24,25);1H/t9-,11+,12-;. The van der Waals surface area contributed by atoms with Gasteiger partial charge in [-0.05, 0) is 49.8 Å². The second-order valence-electron chi connectivity index (χ2n) is 7.03. The van der Waals surface area contributed by atoms with Gasteiger partial charge in [-0.1, -0.05) is 0 Å². The maximum atomic E-state index is 13.3. The van der Waals surface area contributed by atoms with Crippen LogP contribution in [0.5, 0.6) is 0 Å². The van der Waals surface area contributed by atoms with Gasteiger partial charge in [0.25, 0.3) is 0 Å². The van der Waals surface area contributed by atoms with Crippen molar-refractivity contribution < 1.29 is 17.6 Å². The SMILES string of the molecule is Cl.O=c1[nH]nc(-c2ccc(C(F)(F)F)c(NC[C@H]3C[C@H]4CC[C@@H](C3)N4)c2)o1. The molecule has 4 rings (SSSR count). The Bertz CT molecular complexity index is 839. The predicted molar refractivity (Wildman–Crippen MR) is 96.0 cm³/mol. The maximum Gasteiger partial charge on any atom is 0.434 e. The van der Waals surface area contributed by atoms with Gasteiger partial charge in [0.05, 0.1) is 5.56 Å². The molecule has 0 saturated carbocycles. The van der Waals surface area contributed by atoms with Gasteiger partial charge in [-0.25, -0.2) is 9.89 Å². The van der Waals surface area contributed by atoms with E-state index in [2.05, 4.69) is 20.8 Å². The molecule has 2 aromatic rings. The van der Waals surface area contributed by atoms with Crippen LogP contribution in [0.4, 0.5) is 18.9 Å². The summed E-state index contributed by atoms with van der Waals surface area (Å²) >= 11 is 0. The number of hydrogen-bond acceptors (Lipinski definition) is 5. The predicted octanol–water partition coefficient (Wildman–Crippen LogP) is 3.41. The lowest BCUT2D eigenvalue weighted by Gasteiger charge is -2.29. The Morgan fingerprint density at radius 2 is 1.93 bits per heavy atom. The molecule has 6 nitrogen and oxygen atoms in total. The number of aromatic nitrogens is 2. The number of H-pyrrole nitrogens is 1. The van der Waals surface area contributed by atoms with E-state index in [-0.39, 0.29) is 24.0 Å². The zero-order valence-electron chi connectivity index (χ0n) is 14.3. The highest BCUT2D eigenvalue weighted by Gasteiger charge is 2.35. The fourth-order valence-electron chi connectivity index (χ4n) is 4.02. The average molecular weight is 405 g/mol. The van der Waals surface area contributed by atoms with Gasteiger partial charge in [0, 0.05) is 29.9 Å². The highest BCUT2D eigenvalue weighted by atomic mass is 35.5. The van der Waals surface area contributed by atoms with Gasteiger partial charge >= 0.3 is 11.9 Å². The fraction of sp³-hybridized carbons (Fsp3) is 0.529. The molecule has 3 atom stereocenters. The minimum absolute atomic E-state index is 0. The molecule has 1 aromatic carbocycles. The molecule has 2 aliphatic heterocycles. The van der Waals surface area contributed by atoms with Crippen LogP contribution < -0.4 is 16.4 Å². The largest absolute Gasteiger partial charge is 0.434 e. The van der Waals surface area contributed by atoms with Crippen molar-refractivity contribution in [2.24, 2.45) is 5.92 Å². The summed E-state index contributed by atoms with van der Waals surface area (Å²) in [4.78, 5) is 11.1. The first-order valence-corrected chi connectivity index (χ1v) is 8.65. The van der Waals surface area contributed by atoms with E-state index in [1.807, 2.05) is 0 Å². The van der Waals surface area contributed by atoms with E-state index in [1.54, 1.807) is 0 Å². The van der Waals surface area contributed by atoms with Gasteiger partial charge in [0.15, 0.2) is 0 Å². The van der Waals surface area contributed by atoms with Crippen molar-refractivity contribution in [3.05, 3.63) is 34.3 Å². The van der Waals surface area contributed by atoms with E-state index in [4.69, 9.17) is 4.42 Å². The Kier molecular flexibility index (Phi) is 5.53. The summed E-state index contributed by atoms with van der Waals surface area (Å²) in [6.45, 7) is 0.478. The molecule has 2 fully saturated rings. The number of anilines is 1. The molecule has 0 spiro atoms. The number of halogens is 4. The first kappa shape index (κ1) is 19.8. The number of hydrogen-bond donors (Lipinski definition) is 3. The maximum absolute atomic E-state index is 13.3. The van der Waals surface area contributed by atoms with Gasteiger partial charge in [-0.3, -0.25) is 0 Å². The summed E-state index contributed by atoms with van der Waals surface area (Å²) in [5, 5.41) is 12.3. The van der Waals surface area contributed by atoms with Gasteiger partial charge in [-0.2, -0.15) is 13.2 Å². The van der Waals surface area contributed by atoms with Crippen molar-refractivity contribution in [1.82, 2.24) is 15.5 Å². The number of nitrogens with one attached hydrogen (secondary N) is 3. The van der Waals surface area contributed by atoms with Crippen LogP contribution in [0.3, 0.4) is 0 Å². The molecule has 3 N–H and O–H groups in total. The van der Waals surface area contributed by atoms with E-state index in [0.717, 1.165) is 31.7 Å². The molecule has 1 aromatic heterocycles. The van der Waals surface area contributed by atoms with Crippen molar-refractivity contribution >= 4 is 18.1 Å². The minimum Gasteiger partial charge on any atom is -0.388 e. The molecule has 0 amide bonds. The van der Waals surface area contributed by atoms with Crippen LogP contribution in [0.15, 0.2) is 27.4 Å². The number of aromatic amines is 1. The lowest BCUT2D eigenvalue weighted by molar-refractivity contribution is -0.136. The summed E-state index contributed by atoms with van der Waals surface area (Å²) < 4.78 is 44.9. The number of nitrogens with zero attached hydrogens (tertiary/aromatic N) is 1. The molecule has 2 saturated heterocycles. The molecule has 0 aliphatic carbocycles. The molecule has 2 aliphatic rings. The van der Waals surface area contributed by atoms with Crippen LogP contribution in [-0.2, 0) is 6.18 Å². The summed E-state index contributed by atoms with van der Waals surface area (Å²) in [6.07, 6.45) is -0.247. The zero-order chi connectivity index (χ0) is 18.3. The van der Waals surface area contributed by atoms with Crippen LogP contribution in [0.1, 0.15) is 31.2 Å². The average Bonchev–Trinajstić information content (AvgIpc) is 3.17. The van der Waals surface area contributed by atoms with E-state index in [1.165, 1.54) is 12.1 Å². The van der Waals surface area contributed by atoms with E-state index in [0.29, 0.717) is 30.1 Å². The van der Waals surface area contributed by atoms with E-state index in [9.17, 15) is 18.0 Å². The normalized spacial score (nSPS) is 24.5. The van der Waals surface area contributed by atoms with Crippen LogP contribution in [0, 0.1) is 5.92 Å². The fourth-order valence-corrected chi connectivity index (χ4v) is 4.02. The van der Waals surface area contributed by atoms with Gasteiger partial charge in [-0.15, -0.1) is 17.5 Å². The molecule has 148 valence electrons.